The Hall–Kier alpha value is -3.98. The molecule has 2 heterocycles. The first kappa shape index (κ1) is 25.7. The summed E-state index contributed by atoms with van der Waals surface area (Å²) in [5.41, 5.74) is 3.80. The van der Waals surface area contributed by atoms with Crippen LogP contribution in [-0.4, -0.2) is 39.5 Å². The van der Waals surface area contributed by atoms with Crippen LogP contribution in [0.1, 0.15) is 31.2 Å². The van der Waals surface area contributed by atoms with Gasteiger partial charge in [-0.3, -0.25) is 9.52 Å². The second kappa shape index (κ2) is 11.2. The third-order valence-corrected chi connectivity index (χ3v) is 8.26. The lowest BCUT2D eigenvalue weighted by Crippen LogP contribution is -2.23. The summed E-state index contributed by atoms with van der Waals surface area (Å²) in [5.74, 6) is 0.491. The van der Waals surface area contributed by atoms with Gasteiger partial charge in [-0.2, -0.15) is 0 Å². The molecule has 5 rings (SSSR count). The number of nitrogens with one attached hydrogen (secondary N) is 3. The Kier molecular flexibility index (Phi) is 7.55. The van der Waals surface area contributed by atoms with Crippen LogP contribution >= 0.6 is 0 Å². The lowest BCUT2D eigenvalue weighted by molar-refractivity contribution is -0.116. The second-order valence-electron chi connectivity index (χ2n) is 9.47. The van der Waals surface area contributed by atoms with Crippen LogP contribution in [0.2, 0.25) is 0 Å². The number of carbonyl (C=O) groups excluding carboxylic acids is 1. The molecule has 1 fully saturated rings. The Morgan fingerprint density at radius 1 is 1.00 bits per heavy atom. The Bertz CT molecular complexity index is 1520. The molecule has 3 N–H and O–H groups in total. The number of anilines is 3. The first-order chi connectivity index (χ1) is 18.4. The fourth-order valence-corrected chi connectivity index (χ4v) is 6.21. The van der Waals surface area contributed by atoms with Crippen molar-refractivity contribution in [2.24, 2.45) is 0 Å². The number of hydrogen-bond acceptors (Lipinski definition) is 5. The zero-order chi connectivity index (χ0) is 26.5. The van der Waals surface area contributed by atoms with E-state index < -0.39 is 10.0 Å². The predicted molar refractivity (Wildman–Crippen MR) is 152 cm³/mol. The lowest BCUT2D eigenvalue weighted by Gasteiger charge is -2.22. The standard InChI is InChI=1S/C29H32N4O4S/c1-37-24-14-11-22(12-15-24)32-38(35,36)28-19-23(13-16-27(28)33-17-4-5-18-33)31-29(34)10-6-7-21-20-30-26-9-3-2-8-25(21)26/h2-3,8-9,11-16,19-20,30,32H,4-7,10,17-18H2,1H3,(H,31,34). The molecule has 0 aliphatic carbocycles. The molecule has 9 heteroatoms. The Balaban J connectivity index is 1.30. The normalized spacial score (nSPS) is 13.6. The molecule has 1 aromatic heterocycles. The lowest BCUT2D eigenvalue weighted by atomic mass is 10.1. The molecule has 0 unspecified atom stereocenters. The summed E-state index contributed by atoms with van der Waals surface area (Å²) >= 11 is 0. The fraction of sp³-hybridized carbons (Fsp3) is 0.276. The molecule has 38 heavy (non-hydrogen) atoms. The number of aromatic amines is 1. The number of amides is 1. The van der Waals surface area contributed by atoms with E-state index in [0.717, 1.165) is 37.9 Å². The van der Waals surface area contributed by atoms with Crippen molar-refractivity contribution < 1.29 is 17.9 Å². The van der Waals surface area contributed by atoms with Crippen molar-refractivity contribution in [3.63, 3.8) is 0 Å². The van der Waals surface area contributed by atoms with Crippen LogP contribution in [-0.2, 0) is 21.2 Å². The number of aryl methyl sites for hydroxylation is 1. The molecule has 0 radical (unpaired) electrons. The number of hydrogen-bond donors (Lipinski definition) is 3. The zero-order valence-electron chi connectivity index (χ0n) is 21.4. The predicted octanol–water partition coefficient (Wildman–Crippen LogP) is 5.54. The number of aromatic nitrogens is 1. The molecule has 0 bridgehead atoms. The molecule has 1 aliphatic heterocycles. The molecule has 1 amide bonds. The number of methoxy groups -OCH3 is 1. The molecular formula is C29H32N4O4S. The van der Waals surface area contributed by atoms with Gasteiger partial charge in [-0.05, 0) is 79.8 Å². The molecule has 8 nitrogen and oxygen atoms in total. The number of H-pyrrole nitrogens is 1. The maximum Gasteiger partial charge on any atom is 0.264 e. The van der Waals surface area contributed by atoms with Crippen LogP contribution in [0.15, 0.2) is 77.8 Å². The highest BCUT2D eigenvalue weighted by Crippen LogP contribution is 2.32. The Morgan fingerprint density at radius 3 is 2.50 bits per heavy atom. The van der Waals surface area contributed by atoms with Gasteiger partial charge in [0.05, 0.1) is 12.8 Å². The average molecular weight is 533 g/mol. The van der Waals surface area contributed by atoms with E-state index in [2.05, 4.69) is 26.0 Å². The summed E-state index contributed by atoms with van der Waals surface area (Å²) < 4.78 is 34.8. The maximum atomic E-state index is 13.5. The third-order valence-electron chi connectivity index (χ3n) is 6.85. The van der Waals surface area contributed by atoms with Crippen molar-refractivity contribution in [3.8, 4) is 5.75 Å². The molecule has 198 valence electrons. The number of para-hydroxylation sites is 1. The van der Waals surface area contributed by atoms with E-state index in [-0.39, 0.29) is 10.8 Å². The molecule has 3 aromatic carbocycles. The van der Waals surface area contributed by atoms with Gasteiger partial charge in [0, 0.05) is 48.0 Å². The highest BCUT2D eigenvalue weighted by atomic mass is 32.2. The van der Waals surface area contributed by atoms with Gasteiger partial charge < -0.3 is 19.9 Å². The van der Waals surface area contributed by atoms with Crippen molar-refractivity contribution in [1.29, 1.82) is 0 Å². The number of rotatable bonds is 10. The topological polar surface area (TPSA) is 104 Å². The highest BCUT2D eigenvalue weighted by Gasteiger charge is 2.25. The van der Waals surface area contributed by atoms with E-state index in [0.29, 0.717) is 35.7 Å². The van der Waals surface area contributed by atoms with E-state index in [1.54, 1.807) is 49.6 Å². The number of carbonyl (C=O) groups is 1. The van der Waals surface area contributed by atoms with Gasteiger partial charge in [-0.1, -0.05) is 18.2 Å². The second-order valence-corrected chi connectivity index (χ2v) is 11.1. The Labute approximate surface area is 223 Å². The van der Waals surface area contributed by atoms with Crippen molar-refractivity contribution in [3.05, 3.63) is 78.5 Å². The van der Waals surface area contributed by atoms with Crippen LogP contribution in [0.5, 0.6) is 5.75 Å². The SMILES string of the molecule is COc1ccc(NS(=O)(=O)c2cc(NC(=O)CCCc3c[nH]c4ccccc34)ccc2N2CCCC2)cc1. The van der Waals surface area contributed by atoms with Crippen LogP contribution in [0.4, 0.5) is 17.1 Å². The molecule has 0 atom stereocenters. The molecule has 0 spiro atoms. The van der Waals surface area contributed by atoms with E-state index in [4.69, 9.17) is 4.74 Å². The van der Waals surface area contributed by atoms with Gasteiger partial charge in [-0.25, -0.2) is 8.42 Å². The first-order valence-electron chi connectivity index (χ1n) is 12.8. The molecule has 4 aromatic rings. The van der Waals surface area contributed by atoms with Crippen LogP contribution in [0.25, 0.3) is 10.9 Å². The first-order valence-corrected chi connectivity index (χ1v) is 14.3. The fourth-order valence-electron chi connectivity index (χ4n) is 4.90. The minimum Gasteiger partial charge on any atom is -0.497 e. The maximum absolute atomic E-state index is 13.5. The van der Waals surface area contributed by atoms with Gasteiger partial charge in [0.25, 0.3) is 10.0 Å². The summed E-state index contributed by atoms with van der Waals surface area (Å²) in [6.45, 7) is 1.59. The monoisotopic (exact) mass is 532 g/mol. The number of ether oxygens (including phenoxy) is 1. The Morgan fingerprint density at radius 2 is 1.74 bits per heavy atom. The van der Waals surface area contributed by atoms with Gasteiger partial charge in [-0.15, -0.1) is 0 Å². The molecule has 1 aliphatic rings. The van der Waals surface area contributed by atoms with E-state index in [1.807, 2.05) is 24.4 Å². The number of benzene rings is 3. The van der Waals surface area contributed by atoms with Crippen molar-refractivity contribution in [2.45, 2.75) is 37.0 Å². The largest absolute Gasteiger partial charge is 0.497 e. The van der Waals surface area contributed by atoms with Gasteiger partial charge in [0.1, 0.15) is 10.6 Å². The number of fused-ring (bicyclic) bond motifs is 1. The molecular weight excluding hydrogens is 500 g/mol. The van der Waals surface area contributed by atoms with Crippen LogP contribution in [0, 0.1) is 0 Å². The smallest absolute Gasteiger partial charge is 0.264 e. The zero-order valence-corrected chi connectivity index (χ0v) is 22.2. The summed E-state index contributed by atoms with van der Waals surface area (Å²) in [7, 11) is -2.35. The molecule has 1 saturated heterocycles. The minimum absolute atomic E-state index is 0.145. The third kappa shape index (κ3) is 5.78. The van der Waals surface area contributed by atoms with Gasteiger partial charge >= 0.3 is 0 Å². The quantitative estimate of drug-likeness (QED) is 0.249. The van der Waals surface area contributed by atoms with Crippen LogP contribution < -0.4 is 19.7 Å². The van der Waals surface area contributed by atoms with E-state index >= 15 is 0 Å². The number of nitrogens with zero attached hydrogens (tertiary/aromatic N) is 1. The van der Waals surface area contributed by atoms with Crippen molar-refractivity contribution >= 4 is 43.9 Å². The van der Waals surface area contributed by atoms with E-state index in [1.165, 1.54) is 10.9 Å². The van der Waals surface area contributed by atoms with Gasteiger partial charge in [0.15, 0.2) is 0 Å². The van der Waals surface area contributed by atoms with Gasteiger partial charge in [0.2, 0.25) is 5.91 Å². The summed E-state index contributed by atoms with van der Waals surface area (Å²) in [4.78, 5) is 18.2. The van der Waals surface area contributed by atoms with Crippen molar-refractivity contribution in [2.75, 3.05) is 35.1 Å². The van der Waals surface area contributed by atoms with Crippen molar-refractivity contribution in [1.82, 2.24) is 4.98 Å². The summed E-state index contributed by atoms with van der Waals surface area (Å²) in [5, 5.41) is 4.07. The average Bonchev–Trinajstić information content (AvgIpc) is 3.60. The minimum atomic E-state index is -3.91. The number of sulfonamides is 1. The summed E-state index contributed by atoms with van der Waals surface area (Å²) in [6.07, 6.45) is 5.81. The summed E-state index contributed by atoms with van der Waals surface area (Å²) in [6, 6.07) is 19.9. The highest BCUT2D eigenvalue weighted by molar-refractivity contribution is 7.92. The molecule has 0 saturated carbocycles. The van der Waals surface area contributed by atoms with Crippen LogP contribution in [0.3, 0.4) is 0 Å². The van der Waals surface area contributed by atoms with E-state index in [9.17, 15) is 13.2 Å².